The summed E-state index contributed by atoms with van der Waals surface area (Å²) in [5.74, 6) is -2.28. The molecular formula is C27H29F3N2O5. The fraction of sp³-hybridized carbons (Fsp3) is 0.407. The number of alkyl halides is 3. The van der Waals surface area contributed by atoms with Crippen molar-refractivity contribution in [1.82, 2.24) is 4.90 Å². The van der Waals surface area contributed by atoms with E-state index in [0.29, 0.717) is 18.0 Å². The summed E-state index contributed by atoms with van der Waals surface area (Å²) in [6, 6.07) is 14.8. The van der Waals surface area contributed by atoms with E-state index < -0.39 is 23.7 Å². The number of rotatable bonds is 8. The van der Waals surface area contributed by atoms with Crippen LogP contribution in [0.3, 0.4) is 0 Å². The molecule has 2 aliphatic rings. The topological polar surface area (TPSA) is 107 Å². The Hall–Kier alpha value is -3.69. The minimum absolute atomic E-state index is 0.122. The second kappa shape index (κ2) is 11.1. The molecule has 1 atom stereocenters. The lowest BCUT2D eigenvalue weighted by Crippen LogP contribution is -2.41. The smallest absolute Gasteiger partial charge is 0.478 e. The van der Waals surface area contributed by atoms with E-state index >= 15 is 0 Å². The van der Waals surface area contributed by atoms with E-state index in [1.807, 2.05) is 48.2 Å². The zero-order valence-corrected chi connectivity index (χ0v) is 20.6. The summed E-state index contributed by atoms with van der Waals surface area (Å²) in [6.07, 6.45) is -0.00158. The maximum atomic E-state index is 13.2. The Morgan fingerprint density at radius 2 is 1.68 bits per heavy atom. The molecule has 4 rings (SSSR count). The summed E-state index contributed by atoms with van der Waals surface area (Å²) in [6.45, 7) is 4.64. The zero-order valence-electron chi connectivity index (χ0n) is 20.6. The van der Waals surface area contributed by atoms with Gasteiger partial charge in [0, 0.05) is 6.42 Å². The Morgan fingerprint density at radius 3 is 2.19 bits per heavy atom. The van der Waals surface area contributed by atoms with Gasteiger partial charge in [0.1, 0.15) is 11.4 Å². The van der Waals surface area contributed by atoms with Gasteiger partial charge < -0.3 is 10.2 Å². The van der Waals surface area contributed by atoms with E-state index in [0.717, 1.165) is 49.1 Å². The number of hydrogen-bond donors (Lipinski definition) is 2. The second-order valence-corrected chi connectivity index (χ2v) is 9.30. The molecule has 1 aliphatic carbocycles. The van der Waals surface area contributed by atoms with Crippen LogP contribution in [0, 0.1) is 5.92 Å². The molecule has 10 heteroatoms. The molecule has 198 valence electrons. The van der Waals surface area contributed by atoms with Gasteiger partial charge in [-0.15, -0.1) is 0 Å². The van der Waals surface area contributed by atoms with Crippen LogP contribution >= 0.6 is 0 Å². The lowest BCUT2D eigenvalue weighted by atomic mass is 9.96. The van der Waals surface area contributed by atoms with Gasteiger partial charge in [-0.05, 0) is 54.9 Å². The number of carbonyl (C=O) groups excluding carboxylic acids is 1. The molecule has 1 saturated carbocycles. The Kier molecular flexibility index (Phi) is 8.40. The normalized spacial score (nSPS) is 19.2. The van der Waals surface area contributed by atoms with Crippen LogP contribution in [0.5, 0.6) is 0 Å². The first-order valence-electron chi connectivity index (χ1n) is 12.0. The summed E-state index contributed by atoms with van der Waals surface area (Å²) < 4.78 is 31.7. The Bertz CT molecular complexity index is 1190. The summed E-state index contributed by atoms with van der Waals surface area (Å²) in [5.41, 5.74) is 2.26. The first kappa shape index (κ1) is 27.9. The lowest BCUT2D eigenvalue weighted by Gasteiger charge is -2.23. The van der Waals surface area contributed by atoms with E-state index in [2.05, 4.69) is 6.92 Å². The molecule has 0 aromatic heterocycles. The number of aliphatic carboxylic acids is 1. The largest absolute Gasteiger partial charge is 0.490 e. The molecule has 1 aliphatic heterocycles. The van der Waals surface area contributed by atoms with Gasteiger partial charge in [0.2, 0.25) is 0 Å². The average Bonchev–Trinajstić information content (AvgIpc) is 3.68. The van der Waals surface area contributed by atoms with Gasteiger partial charge in [0.05, 0.1) is 12.1 Å². The summed E-state index contributed by atoms with van der Waals surface area (Å²) in [5, 5.41) is 16.6. The Balaban J connectivity index is 0.000000479. The third kappa shape index (κ3) is 6.55. The maximum Gasteiger partial charge on any atom is 0.490 e. The highest BCUT2D eigenvalue weighted by molar-refractivity contribution is 6.08. The summed E-state index contributed by atoms with van der Waals surface area (Å²) in [4.78, 5) is 40.4. The number of carboxylic acids is 2. The van der Waals surface area contributed by atoms with Gasteiger partial charge in [-0.25, -0.2) is 9.59 Å². The molecule has 1 fully saturated rings. The van der Waals surface area contributed by atoms with Crippen LogP contribution < -0.4 is 0 Å². The zero-order chi connectivity index (χ0) is 27.4. The number of carboxylic acid groups (broad SMARTS) is 2. The third-order valence-corrected chi connectivity index (χ3v) is 6.48. The molecule has 0 radical (unpaired) electrons. The molecule has 1 heterocycles. The lowest BCUT2D eigenvalue weighted by molar-refractivity contribution is -0.192. The number of benzene rings is 2. The van der Waals surface area contributed by atoms with Crippen molar-refractivity contribution >= 4 is 23.7 Å². The predicted molar refractivity (Wildman–Crippen MR) is 131 cm³/mol. The van der Waals surface area contributed by atoms with Crippen molar-refractivity contribution in [2.24, 2.45) is 10.9 Å². The van der Waals surface area contributed by atoms with Crippen molar-refractivity contribution in [3.63, 3.8) is 0 Å². The van der Waals surface area contributed by atoms with Gasteiger partial charge >= 0.3 is 18.1 Å². The molecular weight excluding hydrogens is 489 g/mol. The van der Waals surface area contributed by atoms with Crippen molar-refractivity contribution in [2.45, 2.75) is 64.2 Å². The van der Waals surface area contributed by atoms with Crippen LogP contribution in [-0.4, -0.2) is 50.5 Å². The second-order valence-electron chi connectivity index (χ2n) is 9.30. The molecule has 0 saturated heterocycles. The molecule has 2 aromatic rings. The number of amides is 1. The van der Waals surface area contributed by atoms with Crippen molar-refractivity contribution in [3.05, 3.63) is 59.7 Å². The van der Waals surface area contributed by atoms with Crippen molar-refractivity contribution in [2.75, 3.05) is 0 Å². The van der Waals surface area contributed by atoms with E-state index in [1.165, 1.54) is 0 Å². The highest BCUT2D eigenvalue weighted by atomic mass is 19.4. The standard InChI is InChI=1S/C25H28N2O3.C2HF3O2/c1-3-4-9-22-26-25(2,19-14-15-19)24(30)27(22)16-17-10-12-18(13-11-17)20-7-5-6-8-21(20)23(28)29;3-2(4,5)1(6)7/h5-8,10-13,19H,3-4,9,14-16H2,1-2H3,(H,28,29);(H,6,7). The highest BCUT2D eigenvalue weighted by Gasteiger charge is 2.53. The quantitative estimate of drug-likeness (QED) is 0.460. The van der Waals surface area contributed by atoms with Crippen molar-refractivity contribution in [3.8, 4) is 11.1 Å². The predicted octanol–water partition coefficient (Wildman–Crippen LogP) is 5.78. The van der Waals surface area contributed by atoms with Crippen molar-refractivity contribution < 1.29 is 37.8 Å². The fourth-order valence-electron chi connectivity index (χ4n) is 4.26. The molecule has 0 spiro atoms. The molecule has 2 aromatic carbocycles. The number of carbonyl (C=O) groups is 3. The first-order valence-corrected chi connectivity index (χ1v) is 12.0. The number of unbranched alkanes of at least 4 members (excludes halogenated alkanes) is 1. The fourth-order valence-corrected chi connectivity index (χ4v) is 4.26. The van der Waals surface area contributed by atoms with Crippen LogP contribution in [0.15, 0.2) is 53.5 Å². The Morgan fingerprint density at radius 1 is 1.08 bits per heavy atom. The minimum atomic E-state index is -5.08. The summed E-state index contributed by atoms with van der Waals surface area (Å²) >= 11 is 0. The van der Waals surface area contributed by atoms with Crippen LogP contribution in [0.25, 0.3) is 11.1 Å². The number of halogens is 3. The number of aliphatic imine (C=N–C) groups is 1. The highest BCUT2D eigenvalue weighted by Crippen LogP contribution is 2.46. The molecule has 0 bridgehead atoms. The van der Waals surface area contributed by atoms with Gasteiger partial charge in [0.25, 0.3) is 5.91 Å². The summed E-state index contributed by atoms with van der Waals surface area (Å²) in [7, 11) is 0. The Labute approximate surface area is 212 Å². The van der Waals surface area contributed by atoms with Gasteiger partial charge in [0.15, 0.2) is 0 Å². The SMILES string of the molecule is CCCCC1=NC(C)(C2CC2)C(=O)N1Cc1ccc(-c2ccccc2C(=O)O)cc1.O=C(O)C(F)(F)F. The molecule has 1 amide bonds. The third-order valence-electron chi connectivity index (χ3n) is 6.48. The van der Waals surface area contributed by atoms with Crippen molar-refractivity contribution in [1.29, 1.82) is 0 Å². The molecule has 7 nitrogen and oxygen atoms in total. The molecule has 2 N–H and O–H groups in total. The van der Waals surface area contributed by atoms with E-state index in [9.17, 15) is 27.9 Å². The van der Waals surface area contributed by atoms with E-state index in [4.69, 9.17) is 14.9 Å². The van der Waals surface area contributed by atoms with Crippen LogP contribution in [0.4, 0.5) is 13.2 Å². The van der Waals surface area contributed by atoms with Crippen LogP contribution in [-0.2, 0) is 16.1 Å². The van der Waals surface area contributed by atoms with E-state index in [1.54, 1.807) is 12.1 Å². The number of amidine groups is 1. The number of aromatic carboxylic acids is 1. The minimum Gasteiger partial charge on any atom is -0.478 e. The molecule has 37 heavy (non-hydrogen) atoms. The van der Waals surface area contributed by atoms with Gasteiger partial charge in [-0.3, -0.25) is 14.7 Å². The van der Waals surface area contributed by atoms with Crippen LogP contribution in [0.2, 0.25) is 0 Å². The number of nitrogens with zero attached hydrogens (tertiary/aromatic N) is 2. The first-order chi connectivity index (χ1) is 17.4. The monoisotopic (exact) mass is 518 g/mol. The van der Waals surface area contributed by atoms with Gasteiger partial charge in [-0.2, -0.15) is 13.2 Å². The average molecular weight is 519 g/mol. The van der Waals surface area contributed by atoms with Gasteiger partial charge in [-0.1, -0.05) is 55.8 Å². The number of hydrogen-bond acceptors (Lipinski definition) is 4. The molecule has 1 unspecified atom stereocenters. The maximum absolute atomic E-state index is 13.2. The van der Waals surface area contributed by atoms with Crippen LogP contribution in [0.1, 0.15) is 61.9 Å². The van der Waals surface area contributed by atoms with E-state index in [-0.39, 0.29) is 11.5 Å².